The number of carboxylic acid groups (broad SMARTS) is 1. The van der Waals surface area contributed by atoms with Gasteiger partial charge in [0.1, 0.15) is 6.04 Å². The minimum atomic E-state index is -0.848. The summed E-state index contributed by atoms with van der Waals surface area (Å²) in [7, 11) is 0. The average Bonchev–Trinajstić information content (AvgIpc) is 3.04. The Hall–Kier alpha value is -2.18. The summed E-state index contributed by atoms with van der Waals surface area (Å²) in [5, 5.41) is 14.0. The van der Waals surface area contributed by atoms with Gasteiger partial charge in [-0.25, -0.2) is 4.68 Å². The van der Waals surface area contributed by atoms with Crippen molar-refractivity contribution in [3.05, 3.63) is 47.8 Å². The van der Waals surface area contributed by atoms with Crippen molar-refractivity contribution < 1.29 is 14.6 Å². The fourth-order valence-electron chi connectivity index (χ4n) is 2.82. The highest BCUT2D eigenvalue weighted by Crippen LogP contribution is 2.28. The van der Waals surface area contributed by atoms with Gasteiger partial charge in [0, 0.05) is 31.0 Å². The van der Waals surface area contributed by atoms with Crippen LogP contribution in [0.5, 0.6) is 0 Å². The van der Waals surface area contributed by atoms with Crippen molar-refractivity contribution in [2.45, 2.75) is 13.0 Å². The summed E-state index contributed by atoms with van der Waals surface area (Å²) in [6, 6.07) is 6.94. The SMILES string of the molecule is Cc1ccc(C(C(=O)O)N2CCOCC2)c(-n2cccn2)c1. The first-order valence-corrected chi connectivity index (χ1v) is 7.32. The summed E-state index contributed by atoms with van der Waals surface area (Å²) in [5.41, 5.74) is 2.63. The van der Waals surface area contributed by atoms with E-state index < -0.39 is 12.0 Å². The van der Waals surface area contributed by atoms with Gasteiger partial charge in [0.25, 0.3) is 0 Å². The molecule has 6 heteroatoms. The number of aliphatic carboxylic acids is 1. The number of aromatic nitrogens is 2. The summed E-state index contributed by atoms with van der Waals surface area (Å²) in [5.74, 6) is -0.848. The quantitative estimate of drug-likeness (QED) is 0.930. The van der Waals surface area contributed by atoms with Crippen molar-refractivity contribution in [3.63, 3.8) is 0 Å². The van der Waals surface area contributed by atoms with E-state index in [-0.39, 0.29) is 0 Å². The number of nitrogens with zero attached hydrogens (tertiary/aromatic N) is 3. The summed E-state index contributed by atoms with van der Waals surface area (Å²) >= 11 is 0. The molecular formula is C16H19N3O3. The highest BCUT2D eigenvalue weighted by molar-refractivity contribution is 5.77. The van der Waals surface area contributed by atoms with E-state index in [4.69, 9.17) is 4.74 Å². The molecule has 1 saturated heterocycles. The molecule has 2 heterocycles. The molecule has 116 valence electrons. The maximum absolute atomic E-state index is 11.9. The molecule has 0 amide bonds. The minimum Gasteiger partial charge on any atom is -0.480 e. The summed E-state index contributed by atoms with van der Waals surface area (Å²) in [6.07, 6.45) is 3.52. The third kappa shape index (κ3) is 2.88. The molecule has 22 heavy (non-hydrogen) atoms. The molecule has 1 aromatic heterocycles. The molecule has 1 fully saturated rings. The average molecular weight is 301 g/mol. The van der Waals surface area contributed by atoms with Crippen molar-refractivity contribution >= 4 is 5.97 Å². The fraction of sp³-hybridized carbons (Fsp3) is 0.375. The number of carbonyl (C=O) groups is 1. The smallest absolute Gasteiger partial charge is 0.325 e. The molecule has 0 spiro atoms. The Labute approximate surface area is 128 Å². The maximum atomic E-state index is 11.9. The lowest BCUT2D eigenvalue weighted by atomic mass is 10.0. The Morgan fingerprint density at radius 1 is 1.36 bits per heavy atom. The van der Waals surface area contributed by atoms with Crippen LogP contribution in [0.15, 0.2) is 36.7 Å². The van der Waals surface area contributed by atoms with Crippen molar-refractivity contribution in [2.24, 2.45) is 0 Å². The molecule has 0 bridgehead atoms. The van der Waals surface area contributed by atoms with Crippen LogP contribution in [0.2, 0.25) is 0 Å². The molecular weight excluding hydrogens is 282 g/mol. The monoisotopic (exact) mass is 301 g/mol. The molecule has 6 nitrogen and oxygen atoms in total. The van der Waals surface area contributed by atoms with Crippen LogP contribution < -0.4 is 0 Å². The number of carboxylic acids is 1. The zero-order chi connectivity index (χ0) is 15.5. The molecule has 1 unspecified atom stereocenters. The maximum Gasteiger partial charge on any atom is 0.325 e. The zero-order valence-electron chi connectivity index (χ0n) is 12.5. The third-order valence-corrected chi connectivity index (χ3v) is 3.88. The molecule has 1 atom stereocenters. The normalized spacial score (nSPS) is 17.3. The summed E-state index contributed by atoms with van der Waals surface area (Å²) in [6.45, 7) is 4.34. The lowest BCUT2D eigenvalue weighted by Crippen LogP contribution is -2.42. The van der Waals surface area contributed by atoms with Crippen LogP contribution in [-0.2, 0) is 9.53 Å². The molecule has 1 N–H and O–H groups in total. The third-order valence-electron chi connectivity index (χ3n) is 3.88. The Balaban J connectivity index is 2.06. The van der Waals surface area contributed by atoms with Gasteiger partial charge >= 0.3 is 5.97 Å². The molecule has 0 saturated carbocycles. The Morgan fingerprint density at radius 2 is 2.14 bits per heavy atom. The topological polar surface area (TPSA) is 67.6 Å². The summed E-state index contributed by atoms with van der Waals surface area (Å²) in [4.78, 5) is 13.8. The Morgan fingerprint density at radius 3 is 2.77 bits per heavy atom. The lowest BCUT2D eigenvalue weighted by molar-refractivity contribution is -0.145. The van der Waals surface area contributed by atoms with E-state index >= 15 is 0 Å². The van der Waals surface area contributed by atoms with Gasteiger partial charge in [-0.05, 0) is 24.6 Å². The van der Waals surface area contributed by atoms with Crippen molar-refractivity contribution in [1.29, 1.82) is 0 Å². The Kier molecular flexibility index (Phi) is 4.22. The highest BCUT2D eigenvalue weighted by atomic mass is 16.5. The predicted molar refractivity (Wildman–Crippen MR) is 81.1 cm³/mol. The molecule has 0 radical (unpaired) electrons. The predicted octanol–water partition coefficient (Wildman–Crippen LogP) is 1.64. The number of morpholine rings is 1. The van der Waals surface area contributed by atoms with Crippen molar-refractivity contribution in [3.8, 4) is 5.69 Å². The van der Waals surface area contributed by atoms with Crippen LogP contribution in [0.3, 0.4) is 0 Å². The van der Waals surface area contributed by atoms with Gasteiger partial charge < -0.3 is 9.84 Å². The first kappa shape index (κ1) is 14.7. The highest BCUT2D eigenvalue weighted by Gasteiger charge is 2.31. The second-order valence-electron chi connectivity index (χ2n) is 5.40. The number of benzene rings is 1. The van der Waals surface area contributed by atoms with Gasteiger partial charge in [0.05, 0.1) is 18.9 Å². The number of ether oxygens (including phenoxy) is 1. The standard InChI is InChI=1S/C16H19N3O3/c1-12-3-4-13(14(11-12)19-6-2-5-17-19)15(16(20)21)18-7-9-22-10-8-18/h2-6,11,15H,7-10H2,1H3,(H,20,21). The van der Waals surface area contributed by atoms with Crippen LogP contribution >= 0.6 is 0 Å². The molecule has 0 aliphatic carbocycles. The van der Waals surface area contributed by atoms with E-state index in [1.54, 1.807) is 10.9 Å². The molecule has 1 aliphatic heterocycles. The van der Waals surface area contributed by atoms with E-state index in [0.29, 0.717) is 26.3 Å². The second kappa shape index (κ2) is 6.29. The van der Waals surface area contributed by atoms with Gasteiger partial charge in [-0.15, -0.1) is 0 Å². The van der Waals surface area contributed by atoms with Gasteiger partial charge in [0.15, 0.2) is 0 Å². The van der Waals surface area contributed by atoms with Gasteiger partial charge in [-0.3, -0.25) is 9.69 Å². The van der Waals surface area contributed by atoms with E-state index in [9.17, 15) is 9.90 Å². The van der Waals surface area contributed by atoms with Crippen LogP contribution in [0.25, 0.3) is 5.69 Å². The van der Waals surface area contributed by atoms with E-state index in [1.807, 2.05) is 42.3 Å². The van der Waals surface area contributed by atoms with Crippen LogP contribution in [0.1, 0.15) is 17.2 Å². The number of hydrogen-bond donors (Lipinski definition) is 1. The number of aryl methyl sites for hydroxylation is 1. The first-order chi connectivity index (χ1) is 10.7. The van der Waals surface area contributed by atoms with Gasteiger partial charge in [-0.1, -0.05) is 12.1 Å². The van der Waals surface area contributed by atoms with E-state index in [2.05, 4.69) is 5.10 Å². The zero-order valence-corrected chi connectivity index (χ0v) is 12.5. The van der Waals surface area contributed by atoms with Crippen LogP contribution in [0.4, 0.5) is 0 Å². The van der Waals surface area contributed by atoms with Gasteiger partial charge in [0.2, 0.25) is 0 Å². The fourth-order valence-corrected chi connectivity index (χ4v) is 2.82. The Bertz CT molecular complexity index is 649. The molecule has 1 aromatic carbocycles. The molecule has 1 aliphatic rings. The van der Waals surface area contributed by atoms with Crippen LogP contribution in [0, 0.1) is 6.92 Å². The first-order valence-electron chi connectivity index (χ1n) is 7.32. The van der Waals surface area contributed by atoms with Gasteiger partial charge in [-0.2, -0.15) is 5.10 Å². The van der Waals surface area contributed by atoms with Crippen molar-refractivity contribution in [1.82, 2.24) is 14.7 Å². The van der Waals surface area contributed by atoms with Crippen LogP contribution in [-0.4, -0.2) is 52.1 Å². The number of hydrogen-bond acceptors (Lipinski definition) is 4. The number of rotatable bonds is 4. The van der Waals surface area contributed by atoms with E-state index in [1.165, 1.54) is 0 Å². The largest absolute Gasteiger partial charge is 0.480 e. The summed E-state index contributed by atoms with van der Waals surface area (Å²) < 4.78 is 7.06. The second-order valence-corrected chi connectivity index (χ2v) is 5.40. The lowest BCUT2D eigenvalue weighted by Gasteiger charge is -2.33. The van der Waals surface area contributed by atoms with E-state index in [0.717, 1.165) is 16.8 Å². The van der Waals surface area contributed by atoms with Crippen molar-refractivity contribution in [2.75, 3.05) is 26.3 Å². The molecule has 3 rings (SSSR count). The minimum absolute atomic E-state index is 0.562. The molecule has 2 aromatic rings.